The standard InChI is InChI=1S/C16H22FN3O4S/c1-19(2)14(21)8-20-10-16(11-20)12(5-7-25(16,22)23)9-24-15-13(17)4-3-6-18-15/h3-4,6,12H,5,7-11H2,1-2H3. The molecule has 1 aromatic rings. The first kappa shape index (κ1) is 18.1. The minimum absolute atomic E-state index is 0.0615. The molecule has 0 saturated carbocycles. The van der Waals surface area contributed by atoms with Crippen LogP contribution in [0.5, 0.6) is 5.88 Å². The van der Waals surface area contributed by atoms with E-state index in [-0.39, 0.29) is 36.6 Å². The van der Waals surface area contributed by atoms with Gasteiger partial charge in [-0.15, -0.1) is 0 Å². The van der Waals surface area contributed by atoms with E-state index in [0.29, 0.717) is 19.5 Å². The molecule has 0 aliphatic carbocycles. The number of likely N-dealkylation sites (tertiary alicyclic amines) is 1. The van der Waals surface area contributed by atoms with E-state index in [9.17, 15) is 17.6 Å². The first-order valence-corrected chi connectivity index (χ1v) is 9.78. The Morgan fingerprint density at radius 1 is 1.48 bits per heavy atom. The lowest BCUT2D eigenvalue weighted by molar-refractivity contribution is -0.131. The molecule has 2 saturated heterocycles. The van der Waals surface area contributed by atoms with Crippen molar-refractivity contribution in [3.63, 3.8) is 0 Å². The van der Waals surface area contributed by atoms with Crippen LogP contribution in [0.2, 0.25) is 0 Å². The number of ether oxygens (including phenoxy) is 1. The van der Waals surface area contributed by atoms with E-state index in [1.807, 2.05) is 4.90 Å². The maximum atomic E-state index is 13.6. The zero-order chi connectivity index (χ0) is 18.2. The number of rotatable bonds is 5. The van der Waals surface area contributed by atoms with Gasteiger partial charge < -0.3 is 9.64 Å². The zero-order valence-electron chi connectivity index (χ0n) is 14.3. The Bertz CT molecular complexity index is 762. The molecule has 3 rings (SSSR count). The number of carbonyl (C=O) groups excluding carboxylic acids is 1. The number of carbonyl (C=O) groups is 1. The molecule has 0 aromatic carbocycles. The van der Waals surface area contributed by atoms with E-state index in [0.717, 1.165) is 0 Å². The van der Waals surface area contributed by atoms with Crippen molar-refractivity contribution in [3.05, 3.63) is 24.1 Å². The average Bonchev–Trinajstić information content (AvgIpc) is 2.77. The Balaban J connectivity index is 1.67. The van der Waals surface area contributed by atoms with Gasteiger partial charge in [-0.25, -0.2) is 17.8 Å². The van der Waals surface area contributed by atoms with Crippen molar-refractivity contribution >= 4 is 15.7 Å². The molecule has 1 spiro atoms. The van der Waals surface area contributed by atoms with Gasteiger partial charge in [0.05, 0.1) is 18.9 Å². The molecule has 0 N–H and O–H groups in total. The second-order valence-electron chi connectivity index (χ2n) is 6.90. The Kier molecular flexibility index (Phi) is 4.72. The van der Waals surface area contributed by atoms with Gasteiger partial charge in [0.2, 0.25) is 11.8 Å². The Labute approximate surface area is 146 Å². The van der Waals surface area contributed by atoms with Gasteiger partial charge in [-0.05, 0) is 18.6 Å². The SMILES string of the molecule is CN(C)C(=O)CN1CC2(C1)C(COc1ncccc1F)CCS2(=O)=O. The van der Waals surface area contributed by atoms with E-state index in [2.05, 4.69) is 4.98 Å². The van der Waals surface area contributed by atoms with Crippen molar-refractivity contribution in [1.82, 2.24) is 14.8 Å². The summed E-state index contributed by atoms with van der Waals surface area (Å²) in [4.78, 5) is 19.0. The van der Waals surface area contributed by atoms with Crippen molar-refractivity contribution in [3.8, 4) is 5.88 Å². The molecule has 2 aliphatic heterocycles. The minimum Gasteiger partial charge on any atom is -0.475 e. The molecule has 1 atom stereocenters. The first-order chi connectivity index (χ1) is 11.7. The van der Waals surface area contributed by atoms with E-state index in [1.54, 1.807) is 14.1 Å². The number of hydrogen-bond donors (Lipinski definition) is 0. The van der Waals surface area contributed by atoms with E-state index in [4.69, 9.17) is 4.74 Å². The van der Waals surface area contributed by atoms with Gasteiger partial charge in [0.1, 0.15) is 4.75 Å². The fourth-order valence-electron chi connectivity index (χ4n) is 3.52. The highest BCUT2D eigenvalue weighted by Crippen LogP contribution is 2.44. The summed E-state index contributed by atoms with van der Waals surface area (Å²) in [6.07, 6.45) is 1.91. The van der Waals surface area contributed by atoms with Crippen molar-refractivity contribution < 1.29 is 22.3 Å². The van der Waals surface area contributed by atoms with Gasteiger partial charge in [0.15, 0.2) is 15.7 Å². The van der Waals surface area contributed by atoms with Crippen LogP contribution in [0, 0.1) is 11.7 Å². The lowest BCUT2D eigenvalue weighted by Gasteiger charge is -2.49. The lowest BCUT2D eigenvalue weighted by Crippen LogP contribution is -2.68. The summed E-state index contributed by atoms with van der Waals surface area (Å²) in [5.41, 5.74) is 0. The van der Waals surface area contributed by atoms with Crippen LogP contribution in [0.15, 0.2) is 18.3 Å². The smallest absolute Gasteiger partial charge is 0.250 e. The number of hydrogen-bond acceptors (Lipinski definition) is 6. The average molecular weight is 371 g/mol. The summed E-state index contributed by atoms with van der Waals surface area (Å²) in [6.45, 7) is 0.927. The molecule has 0 bridgehead atoms. The summed E-state index contributed by atoms with van der Waals surface area (Å²) < 4.78 is 43.3. The third kappa shape index (κ3) is 3.22. The third-order valence-electron chi connectivity index (χ3n) is 5.08. The molecule has 3 heterocycles. The Morgan fingerprint density at radius 3 is 2.84 bits per heavy atom. The zero-order valence-corrected chi connectivity index (χ0v) is 15.1. The largest absolute Gasteiger partial charge is 0.475 e. The van der Waals surface area contributed by atoms with Crippen molar-refractivity contribution in [2.24, 2.45) is 5.92 Å². The third-order valence-corrected chi connectivity index (χ3v) is 7.69. The summed E-state index contributed by atoms with van der Waals surface area (Å²) in [5.74, 6) is -0.871. The Hall–Kier alpha value is -1.74. The van der Waals surface area contributed by atoms with Crippen LogP contribution in [-0.4, -0.2) is 79.9 Å². The number of sulfone groups is 1. The van der Waals surface area contributed by atoms with E-state index >= 15 is 0 Å². The van der Waals surface area contributed by atoms with Crippen LogP contribution in [0.3, 0.4) is 0 Å². The van der Waals surface area contributed by atoms with Gasteiger partial charge in [-0.3, -0.25) is 9.69 Å². The van der Waals surface area contributed by atoms with Crippen LogP contribution >= 0.6 is 0 Å². The van der Waals surface area contributed by atoms with Crippen LogP contribution < -0.4 is 4.74 Å². The molecule has 9 heteroatoms. The van der Waals surface area contributed by atoms with Gasteiger partial charge >= 0.3 is 0 Å². The summed E-state index contributed by atoms with van der Waals surface area (Å²) in [6, 6.07) is 2.72. The van der Waals surface area contributed by atoms with Crippen molar-refractivity contribution in [1.29, 1.82) is 0 Å². The van der Waals surface area contributed by atoms with Crippen LogP contribution in [-0.2, 0) is 14.6 Å². The fourth-order valence-corrected chi connectivity index (χ4v) is 5.97. The summed E-state index contributed by atoms with van der Waals surface area (Å²) in [7, 11) is 0.0745. The quantitative estimate of drug-likeness (QED) is 0.735. The first-order valence-electron chi connectivity index (χ1n) is 8.13. The molecule has 138 valence electrons. The molecule has 25 heavy (non-hydrogen) atoms. The molecule has 2 fully saturated rings. The summed E-state index contributed by atoms with van der Waals surface area (Å²) >= 11 is 0. The van der Waals surface area contributed by atoms with Gasteiger partial charge in [0, 0.05) is 39.3 Å². The second-order valence-corrected chi connectivity index (χ2v) is 9.35. The molecule has 0 radical (unpaired) electrons. The second kappa shape index (κ2) is 6.53. The number of likely N-dealkylation sites (N-methyl/N-ethyl adjacent to an activating group) is 1. The van der Waals surface area contributed by atoms with Gasteiger partial charge in [0.25, 0.3) is 0 Å². The number of amides is 1. The lowest BCUT2D eigenvalue weighted by atomic mass is 9.83. The number of halogens is 1. The van der Waals surface area contributed by atoms with E-state index < -0.39 is 20.4 Å². The monoisotopic (exact) mass is 371 g/mol. The highest BCUT2D eigenvalue weighted by molar-refractivity contribution is 7.93. The molecular weight excluding hydrogens is 349 g/mol. The van der Waals surface area contributed by atoms with Crippen molar-refractivity contribution in [2.45, 2.75) is 11.2 Å². The van der Waals surface area contributed by atoms with Crippen LogP contribution in [0.25, 0.3) is 0 Å². The maximum absolute atomic E-state index is 13.6. The topological polar surface area (TPSA) is 79.8 Å². The highest BCUT2D eigenvalue weighted by atomic mass is 32.2. The fraction of sp³-hybridized carbons (Fsp3) is 0.625. The predicted molar refractivity (Wildman–Crippen MR) is 89.4 cm³/mol. The molecule has 1 aromatic heterocycles. The predicted octanol–water partition coefficient (Wildman–Crippen LogP) is 0.177. The molecule has 2 aliphatic rings. The number of aromatic nitrogens is 1. The van der Waals surface area contributed by atoms with Gasteiger partial charge in [-0.2, -0.15) is 0 Å². The van der Waals surface area contributed by atoms with Crippen molar-refractivity contribution in [2.75, 3.05) is 46.1 Å². The maximum Gasteiger partial charge on any atom is 0.250 e. The molecular formula is C16H22FN3O4S. The number of nitrogens with zero attached hydrogens (tertiary/aromatic N) is 3. The molecule has 7 nitrogen and oxygen atoms in total. The molecule has 1 unspecified atom stereocenters. The van der Waals surface area contributed by atoms with Gasteiger partial charge in [-0.1, -0.05) is 0 Å². The highest BCUT2D eigenvalue weighted by Gasteiger charge is 2.61. The van der Waals surface area contributed by atoms with E-state index in [1.165, 1.54) is 23.2 Å². The van der Waals surface area contributed by atoms with Crippen LogP contribution in [0.1, 0.15) is 6.42 Å². The Morgan fingerprint density at radius 2 is 2.20 bits per heavy atom. The normalized spacial score (nSPS) is 24.0. The number of pyridine rings is 1. The van der Waals surface area contributed by atoms with Crippen LogP contribution in [0.4, 0.5) is 4.39 Å². The molecule has 1 amide bonds. The minimum atomic E-state index is -3.26. The summed E-state index contributed by atoms with van der Waals surface area (Å²) in [5, 5.41) is 0.